The largest absolute Gasteiger partial charge is 0.353 e. The van der Waals surface area contributed by atoms with Gasteiger partial charge in [0.2, 0.25) is 5.91 Å². The SMILES string of the molecule is CC(C)(C#N)CC(=O)N[C@@H]1CC[C@@H](c2ccc(F)cc2)C1. The summed E-state index contributed by atoms with van der Waals surface area (Å²) in [6.07, 6.45) is 3.03. The molecule has 112 valence electrons. The molecule has 0 spiro atoms. The molecule has 0 aromatic heterocycles. The molecule has 1 fully saturated rings. The molecule has 0 radical (unpaired) electrons. The lowest BCUT2D eigenvalue weighted by molar-refractivity contribution is -0.123. The van der Waals surface area contributed by atoms with E-state index in [0.717, 1.165) is 24.8 Å². The van der Waals surface area contributed by atoms with Crippen LogP contribution < -0.4 is 5.32 Å². The fourth-order valence-corrected chi connectivity index (χ4v) is 2.87. The molecule has 3 nitrogen and oxygen atoms in total. The standard InChI is InChI=1S/C17H21FN2O/c1-17(2,11-19)10-16(21)20-15-8-5-13(9-15)12-3-6-14(18)7-4-12/h3-4,6-7,13,15H,5,8-10H2,1-2H3,(H,20,21)/t13-,15-/m1/s1. The normalized spacial score (nSPS) is 21.8. The number of halogens is 1. The molecular formula is C17H21FN2O. The molecule has 1 aromatic carbocycles. The van der Waals surface area contributed by atoms with E-state index in [9.17, 15) is 9.18 Å². The molecule has 1 saturated carbocycles. The zero-order chi connectivity index (χ0) is 15.5. The number of amides is 1. The van der Waals surface area contributed by atoms with Crippen LogP contribution >= 0.6 is 0 Å². The van der Waals surface area contributed by atoms with E-state index in [1.807, 2.05) is 12.1 Å². The molecule has 0 unspecified atom stereocenters. The predicted molar refractivity (Wildman–Crippen MR) is 78.9 cm³/mol. The summed E-state index contributed by atoms with van der Waals surface area (Å²) in [6, 6.07) is 8.91. The van der Waals surface area contributed by atoms with Crippen molar-refractivity contribution in [1.29, 1.82) is 5.26 Å². The van der Waals surface area contributed by atoms with Crippen LogP contribution in [0, 0.1) is 22.6 Å². The first-order valence-electron chi connectivity index (χ1n) is 7.36. The van der Waals surface area contributed by atoms with Gasteiger partial charge in [-0.2, -0.15) is 5.26 Å². The van der Waals surface area contributed by atoms with Gasteiger partial charge in [0, 0.05) is 12.5 Å². The highest BCUT2D eigenvalue weighted by Crippen LogP contribution is 2.34. The maximum atomic E-state index is 12.9. The highest BCUT2D eigenvalue weighted by molar-refractivity contribution is 5.77. The molecule has 0 bridgehead atoms. The van der Waals surface area contributed by atoms with Crippen molar-refractivity contribution in [3.05, 3.63) is 35.6 Å². The third-order valence-corrected chi connectivity index (χ3v) is 4.04. The number of nitriles is 1. The summed E-state index contributed by atoms with van der Waals surface area (Å²) in [7, 11) is 0. The summed E-state index contributed by atoms with van der Waals surface area (Å²) in [5.74, 6) is 0.0894. The molecule has 1 amide bonds. The zero-order valence-electron chi connectivity index (χ0n) is 12.5. The Bertz CT molecular complexity index is 545. The van der Waals surface area contributed by atoms with Gasteiger partial charge in [-0.25, -0.2) is 4.39 Å². The third kappa shape index (κ3) is 4.29. The lowest BCUT2D eigenvalue weighted by atomic mass is 9.91. The lowest BCUT2D eigenvalue weighted by Gasteiger charge is -2.18. The van der Waals surface area contributed by atoms with Crippen molar-refractivity contribution in [3.8, 4) is 6.07 Å². The van der Waals surface area contributed by atoms with Crippen molar-refractivity contribution in [2.75, 3.05) is 0 Å². The second-order valence-corrected chi connectivity index (χ2v) is 6.50. The maximum absolute atomic E-state index is 12.9. The van der Waals surface area contributed by atoms with Gasteiger partial charge in [-0.15, -0.1) is 0 Å². The number of hydrogen-bond donors (Lipinski definition) is 1. The Morgan fingerprint density at radius 1 is 1.38 bits per heavy atom. The van der Waals surface area contributed by atoms with Crippen molar-refractivity contribution < 1.29 is 9.18 Å². The van der Waals surface area contributed by atoms with Gasteiger partial charge in [0.25, 0.3) is 0 Å². The molecule has 2 rings (SSSR count). The van der Waals surface area contributed by atoms with E-state index in [2.05, 4.69) is 11.4 Å². The number of nitrogens with one attached hydrogen (secondary N) is 1. The van der Waals surface area contributed by atoms with E-state index in [0.29, 0.717) is 5.92 Å². The maximum Gasteiger partial charge on any atom is 0.221 e. The average molecular weight is 288 g/mol. The molecule has 4 heteroatoms. The first-order chi connectivity index (χ1) is 9.89. The van der Waals surface area contributed by atoms with Crippen molar-refractivity contribution in [2.24, 2.45) is 5.41 Å². The summed E-state index contributed by atoms with van der Waals surface area (Å²) >= 11 is 0. The van der Waals surface area contributed by atoms with Gasteiger partial charge in [-0.1, -0.05) is 12.1 Å². The van der Waals surface area contributed by atoms with Crippen LogP contribution in [-0.4, -0.2) is 11.9 Å². The molecule has 1 aliphatic rings. The summed E-state index contributed by atoms with van der Waals surface area (Å²) in [6.45, 7) is 3.53. The molecule has 1 aliphatic carbocycles. The Hall–Kier alpha value is -1.89. The number of carbonyl (C=O) groups is 1. The Balaban J connectivity index is 1.87. The van der Waals surface area contributed by atoms with Gasteiger partial charge >= 0.3 is 0 Å². The third-order valence-electron chi connectivity index (χ3n) is 4.04. The first-order valence-corrected chi connectivity index (χ1v) is 7.36. The van der Waals surface area contributed by atoms with Gasteiger partial charge in [-0.05, 0) is 56.7 Å². The van der Waals surface area contributed by atoms with Gasteiger partial charge in [-0.3, -0.25) is 4.79 Å². The van der Waals surface area contributed by atoms with Gasteiger partial charge in [0.15, 0.2) is 0 Å². The highest BCUT2D eigenvalue weighted by atomic mass is 19.1. The molecule has 2 atom stereocenters. The average Bonchev–Trinajstić information content (AvgIpc) is 2.87. The quantitative estimate of drug-likeness (QED) is 0.921. The van der Waals surface area contributed by atoms with Crippen LogP contribution in [0.2, 0.25) is 0 Å². The minimum atomic E-state index is -0.626. The van der Waals surface area contributed by atoms with Crippen LogP contribution in [0.1, 0.15) is 51.0 Å². The van der Waals surface area contributed by atoms with Gasteiger partial charge in [0.05, 0.1) is 11.5 Å². The van der Waals surface area contributed by atoms with E-state index in [-0.39, 0.29) is 24.2 Å². The summed E-state index contributed by atoms with van der Waals surface area (Å²) in [5.41, 5.74) is 0.504. The van der Waals surface area contributed by atoms with E-state index in [4.69, 9.17) is 5.26 Å². The van der Waals surface area contributed by atoms with Crippen molar-refractivity contribution in [2.45, 2.75) is 51.5 Å². The van der Waals surface area contributed by atoms with Gasteiger partial charge in [0.1, 0.15) is 5.82 Å². The molecule has 1 N–H and O–H groups in total. The van der Waals surface area contributed by atoms with Crippen molar-refractivity contribution in [1.82, 2.24) is 5.32 Å². The van der Waals surface area contributed by atoms with E-state index >= 15 is 0 Å². The van der Waals surface area contributed by atoms with Gasteiger partial charge < -0.3 is 5.32 Å². The van der Waals surface area contributed by atoms with Crippen molar-refractivity contribution in [3.63, 3.8) is 0 Å². The van der Waals surface area contributed by atoms with Crippen LogP contribution in [0.15, 0.2) is 24.3 Å². The Kier molecular flexibility index (Phi) is 4.62. The summed E-state index contributed by atoms with van der Waals surface area (Å²) in [5, 5.41) is 12.0. The minimum absolute atomic E-state index is 0.0636. The van der Waals surface area contributed by atoms with Crippen molar-refractivity contribution >= 4 is 5.91 Å². The first kappa shape index (κ1) is 15.5. The van der Waals surface area contributed by atoms with Crippen LogP contribution in [0.5, 0.6) is 0 Å². The molecule has 21 heavy (non-hydrogen) atoms. The molecular weight excluding hydrogens is 267 g/mol. The topological polar surface area (TPSA) is 52.9 Å². The summed E-state index contributed by atoms with van der Waals surface area (Å²) in [4.78, 5) is 11.9. The zero-order valence-corrected chi connectivity index (χ0v) is 12.5. The van der Waals surface area contributed by atoms with Crippen LogP contribution in [0.4, 0.5) is 4.39 Å². The Morgan fingerprint density at radius 2 is 2.05 bits per heavy atom. The van der Waals surface area contributed by atoms with E-state index in [1.54, 1.807) is 13.8 Å². The summed E-state index contributed by atoms with van der Waals surface area (Å²) < 4.78 is 12.9. The number of carbonyl (C=O) groups excluding carboxylic acids is 1. The lowest BCUT2D eigenvalue weighted by Crippen LogP contribution is -2.35. The molecule has 0 saturated heterocycles. The number of hydrogen-bond acceptors (Lipinski definition) is 2. The Labute approximate surface area is 125 Å². The number of nitrogens with zero attached hydrogens (tertiary/aromatic N) is 1. The second-order valence-electron chi connectivity index (χ2n) is 6.50. The number of benzene rings is 1. The van der Waals surface area contributed by atoms with E-state index < -0.39 is 5.41 Å². The Morgan fingerprint density at radius 3 is 2.67 bits per heavy atom. The molecule has 0 aliphatic heterocycles. The highest BCUT2D eigenvalue weighted by Gasteiger charge is 2.29. The van der Waals surface area contributed by atoms with Crippen LogP contribution in [0.25, 0.3) is 0 Å². The van der Waals surface area contributed by atoms with Crippen LogP contribution in [-0.2, 0) is 4.79 Å². The fourth-order valence-electron chi connectivity index (χ4n) is 2.87. The minimum Gasteiger partial charge on any atom is -0.353 e. The predicted octanol–water partition coefficient (Wildman–Crippen LogP) is 3.52. The number of rotatable bonds is 4. The van der Waals surface area contributed by atoms with Crippen LogP contribution in [0.3, 0.4) is 0 Å². The molecule has 1 aromatic rings. The molecule has 0 heterocycles. The fraction of sp³-hybridized carbons (Fsp3) is 0.529. The smallest absolute Gasteiger partial charge is 0.221 e. The monoisotopic (exact) mass is 288 g/mol. The van der Waals surface area contributed by atoms with E-state index in [1.165, 1.54) is 12.1 Å². The second kappa shape index (κ2) is 6.26.